The molecular formula is C8H15NOS. The normalized spacial score (nSPS) is 25.5. The maximum atomic E-state index is 11.6. The Bertz CT molecular complexity index is 156. The van der Waals surface area contributed by atoms with Crippen LogP contribution in [0, 0.1) is 5.41 Å². The second kappa shape index (κ2) is 3.15. The maximum Gasteiger partial charge on any atom is 0.165 e. The maximum absolute atomic E-state index is 11.6. The van der Waals surface area contributed by atoms with E-state index in [2.05, 4.69) is 5.32 Å². The summed E-state index contributed by atoms with van der Waals surface area (Å²) in [6.07, 6.45) is 0. The number of carbonyl (C=O) groups is 1. The standard InChI is InChI=1S/C8H15NOS/c1-8(2,3)6(10)7-9-4-5-11-7/h7,9H,4-5H2,1-3H3. The topological polar surface area (TPSA) is 29.1 Å². The zero-order valence-corrected chi connectivity index (χ0v) is 8.12. The summed E-state index contributed by atoms with van der Waals surface area (Å²) in [5, 5.41) is 3.23. The Morgan fingerprint density at radius 2 is 2.18 bits per heavy atom. The van der Waals surface area contributed by atoms with E-state index in [4.69, 9.17) is 0 Å². The highest BCUT2D eigenvalue weighted by molar-refractivity contribution is 8.00. The molecule has 1 unspecified atom stereocenters. The van der Waals surface area contributed by atoms with Gasteiger partial charge in [-0.3, -0.25) is 10.1 Å². The smallest absolute Gasteiger partial charge is 0.165 e. The number of hydrogen-bond donors (Lipinski definition) is 1. The van der Waals surface area contributed by atoms with Crippen LogP contribution >= 0.6 is 11.8 Å². The van der Waals surface area contributed by atoms with E-state index in [0.29, 0.717) is 5.78 Å². The van der Waals surface area contributed by atoms with Crippen molar-refractivity contribution >= 4 is 17.5 Å². The summed E-state index contributed by atoms with van der Waals surface area (Å²) in [5.41, 5.74) is -0.199. The van der Waals surface area contributed by atoms with Crippen molar-refractivity contribution in [1.29, 1.82) is 0 Å². The van der Waals surface area contributed by atoms with E-state index in [0.717, 1.165) is 12.3 Å². The van der Waals surface area contributed by atoms with Gasteiger partial charge in [0, 0.05) is 17.7 Å². The fourth-order valence-corrected chi connectivity index (χ4v) is 2.20. The largest absolute Gasteiger partial charge is 0.298 e. The zero-order chi connectivity index (χ0) is 8.48. The third kappa shape index (κ3) is 2.20. The minimum Gasteiger partial charge on any atom is -0.298 e. The van der Waals surface area contributed by atoms with Gasteiger partial charge < -0.3 is 0 Å². The predicted molar refractivity (Wildman–Crippen MR) is 48.7 cm³/mol. The van der Waals surface area contributed by atoms with Gasteiger partial charge in [-0.15, -0.1) is 11.8 Å². The van der Waals surface area contributed by atoms with Crippen LogP contribution in [0.1, 0.15) is 20.8 Å². The SMILES string of the molecule is CC(C)(C)C(=O)C1NCCS1. The molecule has 0 aliphatic carbocycles. The second-order valence-corrected chi connectivity index (χ2v) is 5.03. The first-order valence-electron chi connectivity index (χ1n) is 3.91. The average molecular weight is 173 g/mol. The van der Waals surface area contributed by atoms with Crippen molar-refractivity contribution in [1.82, 2.24) is 5.32 Å². The van der Waals surface area contributed by atoms with E-state index in [9.17, 15) is 4.79 Å². The lowest BCUT2D eigenvalue weighted by Crippen LogP contribution is -2.37. The van der Waals surface area contributed by atoms with Crippen LogP contribution in [0.3, 0.4) is 0 Å². The van der Waals surface area contributed by atoms with Gasteiger partial charge in [0.15, 0.2) is 5.78 Å². The van der Waals surface area contributed by atoms with Gasteiger partial charge in [0.05, 0.1) is 0 Å². The van der Waals surface area contributed by atoms with Gasteiger partial charge in [-0.2, -0.15) is 0 Å². The molecule has 0 saturated carbocycles. The van der Waals surface area contributed by atoms with Crippen LogP contribution in [0.25, 0.3) is 0 Å². The molecule has 0 spiro atoms. The first-order chi connectivity index (χ1) is 5.02. The molecule has 0 amide bonds. The van der Waals surface area contributed by atoms with Crippen molar-refractivity contribution < 1.29 is 4.79 Å². The minimum absolute atomic E-state index is 0.0509. The highest BCUT2D eigenvalue weighted by Crippen LogP contribution is 2.24. The van der Waals surface area contributed by atoms with Gasteiger partial charge in [0.2, 0.25) is 0 Å². The average Bonchev–Trinajstić information content (AvgIpc) is 2.34. The number of ketones is 1. The van der Waals surface area contributed by atoms with E-state index in [1.165, 1.54) is 0 Å². The quantitative estimate of drug-likeness (QED) is 0.647. The van der Waals surface area contributed by atoms with Crippen LogP contribution in [0.15, 0.2) is 0 Å². The molecule has 0 aromatic heterocycles. The Kier molecular flexibility index (Phi) is 2.60. The Hall–Kier alpha value is -0.0200. The highest BCUT2D eigenvalue weighted by Gasteiger charge is 2.31. The molecule has 11 heavy (non-hydrogen) atoms. The summed E-state index contributed by atoms with van der Waals surface area (Å²) in [4.78, 5) is 11.6. The highest BCUT2D eigenvalue weighted by atomic mass is 32.2. The van der Waals surface area contributed by atoms with Gasteiger partial charge in [0.1, 0.15) is 5.37 Å². The van der Waals surface area contributed by atoms with Crippen LogP contribution in [0.5, 0.6) is 0 Å². The summed E-state index contributed by atoms with van der Waals surface area (Å²) in [5.74, 6) is 1.38. The van der Waals surface area contributed by atoms with E-state index in [1.54, 1.807) is 11.8 Å². The summed E-state index contributed by atoms with van der Waals surface area (Å²) in [6, 6.07) is 0. The molecule has 0 aromatic carbocycles. The molecule has 1 saturated heterocycles. The molecule has 1 aliphatic rings. The first-order valence-corrected chi connectivity index (χ1v) is 4.96. The van der Waals surface area contributed by atoms with Crippen molar-refractivity contribution in [3.8, 4) is 0 Å². The Morgan fingerprint density at radius 3 is 2.55 bits per heavy atom. The Balaban J connectivity index is 2.53. The van der Waals surface area contributed by atoms with Gasteiger partial charge in [-0.05, 0) is 0 Å². The predicted octanol–water partition coefficient (Wildman–Crippen LogP) is 1.26. The molecule has 0 aromatic rings. The fourth-order valence-electron chi connectivity index (χ4n) is 0.987. The minimum atomic E-state index is -0.199. The van der Waals surface area contributed by atoms with Crippen molar-refractivity contribution in [2.24, 2.45) is 5.41 Å². The van der Waals surface area contributed by atoms with Crippen LogP contribution in [0.2, 0.25) is 0 Å². The number of carbonyl (C=O) groups excluding carboxylic acids is 1. The monoisotopic (exact) mass is 173 g/mol. The molecule has 64 valence electrons. The van der Waals surface area contributed by atoms with Gasteiger partial charge in [-0.25, -0.2) is 0 Å². The Morgan fingerprint density at radius 1 is 1.55 bits per heavy atom. The number of thioether (sulfide) groups is 1. The van der Waals surface area contributed by atoms with Gasteiger partial charge in [0.25, 0.3) is 0 Å². The van der Waals surface area contributed by atoms with Crippen LogP contribution in [-0.2, 0) is 4.79 Å². The fraction of sp³-hybridized carbons (Fsp3) is 0.875. The van der Waals surface area contributed by atoms with E-state index in [-0.39, 0.29) is 10.8 Å². The van der Waals surface area contributed by atoms with E-state index >= 15 is 0 Å². The lowest BCUT2D eigenvalue weighted by Gasteiger charge is -2.20. The lowest BCUT2D eigenvalue weighted by molar-refractivity contribution is -0.126. The number of hydrogen-bond acceptors (Lipinski definition) is 3. The van der Waals surface area contributed by atoms with E-state index in [1.807, 2.05) is 20.8 Å². The van der Waals surface area contributed by atoms with Gasteiger partial charge in [-0.1, -0.05) is 20.8 Å². The Labute approximate surface area is 72.1 Å². The van der Waals surface area contributed by atoms with Crippen molar-refractivity contribution in [2.45, 2.75) is 26.1 Å². The molecule has 1 rings (SSSR count). The zero-order valence-electron chi connectivity index (χ0n) is 7.31. The van der Waals surface area contributed by atoms with Crippen LogP contribution < -0.4 is 5.32 Å². The van der Waals surface area contributed by atoms with Crippen LogP contribution in [0.4, 0.5) is 0 Å². The van der Waals surface area contributed by atoms with Crippen molar-refractivity contribution in [3.63, 3.8) is 0 Å². The number of Topliss-reactive ketones (excluding diaryl/α,β-unsaturated/α-hetero) is 1. The number of nitrogens with one attached hydrogen (secondary N) is 1. The molecule has 1 aliphatic heterocycles. The molecule has 0 bridgehead atoms. The summed E-state index contributed by atoms with van der Waals surface area (Å²) in [7, 11) is 0. The summed E-state index contributed by atoms with van der Waals surface area (Å²) >= 11 is 1.72. The molecule has 1 N–H and O–H groups in total. The third-order valence-corrected chi connectivity index (χ3v) is 2.85. The van der Waals surface area contributed by atoms with Crippen molar-refractivity contribution in [2.75, 3.05) is 12.3 Å². The van der Waals surface area contributed by atoms with E-state index < -0.39 is 0 Å². The second-order valence-electron chi connectivity index (χ2n) is 3.82. The summed E-state index contributed by atoms with van der Waals surface area (Å²) < 4.78 is 0. The number of rotatable bonds is 1. The molecule has 1 fully saturated rings. The van der Waals surface area contributed by atoms with Gasteiger partial charge >= 0.3 is 0 Å². The summed E-state index contributed by atoms with van der Waals surface area (Å²) in [6.45, 7) is 6.87. The molecule has 0 radical (unpaired) electrons. The molecule has 2 nitrogen and oxygen atoms in total. The molecule has 1 atom stereocenters. The van der Waals surface area contributed by atoms with Crippen molar-refractivity contribution in [3.05, 3.63) is 0 Å². The third-order valence-electron chi connectivity index (χ3n) is 1.69. The molecule has 1 heterocycles. The van der Waals surface area contributed by atoms with Crippen LogP contribution in [-0.4, -0.2) is 23.5 Å². The lowest BCUT2D eigenvalue weighted by atomic mass is 9.91. The first kappa shape index (κ1) is 9.07. The molecule has 3 heteroatoms. The molecular weight excluding hydrogens is 158 g/mol.